The quantitative estimate of drug-likeness (QED) is 0.907. The van der Waals surface area contributed by atoms with Crippen molar-refractivity contribution in [2.24, 2.45) is 0 Å². The van der Waals surface area contributed by atoms with Crippen LogP contribution >= 0.6 is 27.7 Å². The number of benzene rings is 1. The minimum absolute atomic E-state index is 0.187. The van der Waals surface area contributed by atoms with E-state index in [2.05, 4.69) is 21.2 Å². The molecule has 0 spiro atoms. The van der Waals surface area contributed by atoms with E-state index in [1.54, 1.807) is 0 Å². The molecule has 78 valence electrons. The first kappa shape index (κ1) is 10.7. The highest BCUT2D eigenvalue weighted by molar-refractivity contribution is 9.10. The van der Waals surface area contributed by atoms with Crippen LogP contribution in [0.4, 0.5) is 4.79 Å². The Balaban J connectivity index is 2.06. The van der Waals surface area contributed by atoms with Crippen molar-refractivity contribution in [2.45, 2.75) is 11.7 Å². The van der Waals surface area contributed by atoms with Crippen molar-refractivity contribution in [2.75, 3.05) is 0 Å². The minimum Gasteiger partial charge on any atom is -0.286 e. The van der Waals surface area contributed by atoms with Crippen LogP contribution < -0.4 is 5.32 Å². The number of rotatable bonds is 2. The summed E-state index contributed by atoms with van der Waals surface area (Å²) >= 11 is 4.40. The van der Waals surface area contributed by atoms with Crippen LogP contribution in [0.3, 0.4) is 0 Å². The lowest BCUT2D eigenvalue weighted by atomic mass is 10.1. The Morgan fingerprint density at radius 2 is 1.93 bits per heavy atom. The van der Waals surface area contributed by atoms with Crippen molar-refractivity contribution < 1.29 is 9.59 Å². The Morgan fingerprint density at radius 1 is 1.27 bits per heavy atom. The monoisotopic (exact) mass is 285 g/mol. The predicted molar refractivity (Wildman–Crippen MR) is 62.8 cm³/mol. The maximum atomic E-state index is 11.3. The molecule has 1 aromatic rings. The van der Waals surface area contributed by atoms with Crippen molar-refractivity contribution in [3.05, 3.63) is 34.3 Å². The molecule has 1 aliphatic rings. The molecule has 2 rings (SSSR count). The number of hydrogen-bond donors (Lipinski definition) is 1. The number of halogens is 1. The summed E-state index contributed by atoms with van der Waals surface area (Å²) in [6, 6.07) is 7.74. The van der Waals surface area contributed by atoms with Crippen molar-refractivity contribution in [3.63, 3.8) is 0 Å². The number of imide groups is 1. The molecule has 0 bridgehead atoms. The minimum atomic E-state index is -0.279. The van der Waals surface area contributed by atoms with E-state index in [0.717, 1.165) is 21.8 Å². The van der Waals surface area contributed by atoms with Crippen LogP contribution in [0.5, 0.6) is 0 Å². The van der Waals surface area contributed by atoms with E-state index in [1.165, 1.54) is 0 Å². The largest absolute Gasteiger partial charge is 0.286 e. The van der Waals surface area contributed by atoms with Gasteiger partial charge in [-0.1, -0.05) is 39.8 Å². The van der Waals surface area contributed by atoms with Gasteiger partial charge in [-0.2, -0.15) is 0 Å². The predicted octanol–water partition coefficient (Wildman–Crippen LogP) is 2.34. The van der Waals surface area contributed by atoms with Gasteiger partial charge in [-0.3, -0.25) is 14.9 Å². The number of hydrogen-bond acceptors (Lipinski definition) is 3. The van der Waals surface area contributed by atoms with Crippen LogP contribution in [0.25, 0.3) is 0 Å². The summed E-state index contributed by atoms with van der Waals surface area (Å²) in [6.45, 7) is 0. The lowest BCUT2D eigenvalue weighted by Crippen LogP contribution is -2.25. The third-order valence-electron chi connectivity index (χ3n) is 2.10. The third kappa shape index (κ3) is 2.60. The van der Waals surface area contributed by atoms with E-state index in [9.17, 15) is 9.59 Å². The van der Waals surface area contributed by atoms with Crippen molar-refractivity contribution in [3.8, 4) is 0 Å². The van der Waals surface area contributed by atoms with Gasteiger partial charge in [0.2, 0.25) is 5.91 Å². The first-order valence-electron chi connectivity index (χ1n) is 4.41. The smallest absolute Gasteiger partial charge is 0.286 e. The number of carbonyl (C=O) groups is 2. The number of nitrogens with one attached hydrogen (secondary N) is 1. The van der Waals surface area contributed by atoms with Gasteiger partial charge >= 0.3 is 0 Å². The summed E-state index contributed by atoms with van der Waals surface area (Å²) in [5.74, 6) is -0.187. The van der Waals surface area contributed by atoms with E-state index in [-0.39, 0.29) is 16.4 Å². The first-order valence-corrected chi connectivity index (χ1v) is 6.08. The average molecular weight is 286 g/mol. The van der Waals surface area contributed by atoms with Crippen LogP contribution in [0.1, 0.15) is 5.56 Å². The lowest BCUT2D eigenvalue weighted by molar-refractivity contribution is -0.118. The van der Waals surface area contributed by atoms with Gasteiger partial charge in [-0.25, -0.2) is 0 Å². The van der Waals surface area contributed by atoms with Gasteiger partial charge in [0, 0.05) is 4.47 Å². The molecule has 15 heavy (non-hydrogen) atoms. The van der Waals surface area contributed by atoms with Crippen LogP contribution in [0, 0.1) is 0 Å². The molecule has 5 heteroatoms. The fourth-order valence-corrected chi connectivity index (χ4v) is 2.49. The molecule has 1 saturated heterocycles. The molecule has 1 N–H and O–H groups in total. The van der Waals surface area contributed by atoms with Crippen molar-refractivity contribution in [1.82, 2.24) is 5.32 Å². The van der Waals surface area contributed by atoms with Crippen molar-refractivity contribution >= 4 is 38.8 Å². The average Bonchev–Trinajstić information content (AvgIpc) is 2.49. The Labute approximate surface area is 99.7 Å². The SMILES string of the molecule is O=C1NC(=O)C(Cc2ccc(Br)cc2)S1. The summed E-state index contributed by atoms with van der Waals surface area (Å²) < 4.78 is 1.01. The van der Waals surface area contributed by atoms with Gasteiger partial charge in [0.15, 0.2) is 0 Å². The summed E-state index contributed by atoms with van der Waals surface area (Å²) in [5, 5.41) is 1.75. The maximum Gasteiger partial charge on any atom is 0.286 e. The number of amides is 2. The summed E-state index contributed by atoms with van der Waals surface area (Å²) in [5.41, 5.74) is 1.06. The van der Waals surface area contributed by atoms with Crippen LogP contribution in [0.2, 0.25) is 0 Å². The molecular weight excluding hydrogens is 278 g/mol. The highest BCUT2D eigenvalue weighted by atomic mass is 79.9. The fraction of sp³-hybridized carbons (Fsp3) is 0.200. The fourth-order valence-electron chi connectivity index (χ4n) is 1.36. The number of thioether (sulfide) groups is 1. The molecule has 0 radical (unpaired) electrons. The summed E-state index contributed by atoms with van der Waals surface area (Å²) in [7, 11) is 0. The number of carbonyl (C=O) groups excluding carboxylic acids is 2. The Bertz CT molecular complexity index is 404. The molecule has 3 nitrogen and oxygen atoms in total. The van der Waals surface area contributed by atoms with Crippen LogP contribution in [-0.2, 0) is 11.2 Å². The lowest BCUT2D eigenvalue weighted by Gasteiger charge is -2.04. The van der Waals surface area contributed by atoms with E-state index >= 15 is 0 Å². The molecule has 1 fully saturated rings. The molecule has 0 aliphatic carbocycles. The van der Waals surface area contributed by atoms with E-state index < -0.39 is 0 Å². The highest BCUT2D eigenvalue weighted by Crippen LogP contribution is 2.23. The normalized spacial score (nSPS) is 20.5. The summed E-state index contributed by atoms with van der Waals surface area (Å²) in [6.07, 6.45) is 0.593. The topological polar surface area (TPSA) is 46.2 Å². The second-order valence-electron chi connectivity index (χ2n) is 3.21. The molecule has 0 aromatic heterocycles. The van der Waals surface area contributed by atoms with Gasteiger partial charge in [0.05, 0.1) is 5.25 Å². The Kier molecular flexibility index (Phi) is 3.11. The summed E-state index contributed by atoms with van der Waals surface area (Å²) in [4.78, 5) is 22.2. The second kappa shape index (κ2) is 4.37. The van der Waals surface area contributed by atoms with Gasteiger partial charge in [-0.05, 0) is 24.1 Å². The molecule has 1 aromatic carbocycles. The zero-order valence-corrected chi connectivity index (χ0v) is 10.1. The molecule has 2 amide bonds. The highest BCUT2D eigenvalue weighted by Gasteiger charge is 2.31. The third-order valence-corrected chi connectivity index (χ3v) is 3.61. The second-order valence-corrected chi connectivity index (χ2v) is 5.30. The molecular formula is C10H8BrNO2S. The zero-order chi connectivity index (χ0) is 10.8. The van der Waals surface area contributed by atoms with Gasteiger partial charge in [-0.15, -0.1) is 0 Å². The van der Waals surface area contributed by atoms with Gasteiger partial charge < -0.3 is 0 Å². The zero-order valence-electron chi connectivity index (χ0n) is 7.70. The van der Waals surface area contributed by atoms with E-state index in [1.807, 2.05) is 24.3 Å². The molecule has 1 aliphatic heterocycles. The first-order chi connectivity index (χ1) is 7.15. The van der Waals surface area contributed by atoms with E-state index in [4.69, 9.17) is 0 Å². The van der Waals surface area contributed by atoms with E-state index in [0.29, 0.717) is 6.42 Å². The van der Waals surface area contributed by atoms with Gasteiger partial charge in [0.1, 0.15) is 0 Å². The van der Waals surface area contributed by atoms with Gasteiger partial charge in [0.25, 0.3) is 5.24 Å². The van der Waals surface area contributed by atoms with Crippen molar-refractivity contribution in [1.29, 1.82) is 0 Å². The standard InChI is InChI=1S/C10H8BrNO2S/c11-7-3-1-6(2-4-7)5-8-9(13)12-10(14)15-8/h1-4,8H,5H2,(H,12,13,14). The molecule has 0 saturated carbocycles. The Hall–Kier alpha value is -0.810. The molecule has 1 atom stereocenters. The maximum absolute atomic E-state index is 11.3. The van der Waals surface area contributed by atoms with Crippen LogP contribution in [0.15, 0.2) is 28.7 Å². The van der Waals surface area contributed by atoms with Crippen LogP contribution in [-0.4, -0.2) is 16.4 Å². The Morgan fingerprint density at radius 3 is 2.47 bits per heavy atom. The molecule has 1 unspecified atom stereocenters. The molecule has 1 heterocycles.